The van der Waals surface area contributed by atoms with Crippen molar-refractivity contribution in [1.29, 1.82) is 0 Å². The van der Waals surface area contributed by atoms with Crippen LogP contribution in [0.3, 0.4) is 0 Å². The lowest BCUT2D eigenvalue weighted by molar-refractivity contribution is -0.116. The van der Waals surface area contributed by atoms with Crippen LogP contribution in [0.2, 0.25) is 0 Å². The molecule has 0 spiro atoms. The fourth-order valence-corrected chi connectivity index (χ4v) is 3.25. The van der Waals surface area contributed by atoms with Gasteiger partial charge in [0.2, 0.25) is 17.8 Å². The maximum Gasteiger partial charge on any atom is 0.323 e. The van der Waals surface area contributed by atoms with Gasteiger partial charge in [-0.15, -0.1) is 0 Å². The van der Waals surface area contributed by atoms with Crippen LogP contribution in [0.25, 0.3) is 0 Å². The summed E-state index contributed by atoms with van der Waals surface area (Å²) in [5.74, 6) is 1.08. The van der Waals surface area contributed by atoms with Crippen LogP contribution in [0, 0.1) is 5.92 Å². The van der Waals surface area contributed by atoms with Crippen LogP contribution >= 0.6 is 0 Å². The number of ether oxygens (including phenoxy) is 2. The van der Waals surface area contributed by atoms with Gasteiger partial charge in [-0.05, 0) is 25.7 Å². The van der Waals surface area contributed by atoms with Crippen molar-refractivity contribution in [1.82, 2.24) is 19.9 Å². The normalized spacial score (nSPS) is 15.9. The zero-order valence-corrected chi connectivity index (χ0v) is 19.7. The summed E-state index contributed by atoms with van der Waals surface area (Å²) in [7, 11) is 1.73. The standard InChI is InChI=1S/C21H39N7O3/c1-6-17(4)27-8-10-28(11-9-27)20-23-19(26(5)15-18(22)29)24-21(25-20)31-14-13-30-12-7-16(2)3/h16-17H,6-15H2,1-5H3,(H2,22,29). The average molecular weight is 438 g/mol. The third-order valence-electron chi connectivity index (χ3n) is 5.44. The Labute approximate surface area is 186 Å². The van der Waals surface area contributed by atoms with E-state index in [9.17, 15) is 4.79 Å². The van der Waals surface area contributed by atoms with E-state index in [1.807, 2.05) is 0 Å². The van der Waals surface area contributed by atoms with Crippen LogP contribution in [0.5, 0.6) is 6.01 Å². The molecule has 1 saturated heterocycles. The molecule has 176 valence electrons. The fraction of sp³-hybridized carbons (Fsp3) is 0.810. The molecule has 0 saturated carbocycles. The van der Waals surface area contributed by atoms with Crippen molar-refractivity contribution in [2.24, 2.45) is 11.7 Å². The summed E-state index contributed by atoms with van der Waals surface area (Å²) in [6.07, 6.45) is 2.14. The molecule has 0 aromatic carbocycles. The van der Waals surface area contributed by atoms with Gasteiger partial charge in [-0.25, -0.2) is 0 Å². The fourth-order valence-electron chi connectivity index (χ4n) is 3.25. The summed E-state index contributed by atoms with van der Waals surface area (Å²) in [5.41, 5.74) is 5.34. The summed E-state index contributed by atoms with van der Waals surface area (Å²) in [6.45, 7) is 13.9. The number of amides is 1. The predicted octanol–water partition coefficient (Wildman–Crippen LogP) is 1.16. The van der Waals surface area contributed by atoms with Crippen LogP contribution < -0.4 is 20.3 Å². The Bertz CT molecular complexity index is 681. The van der Waals surface area contributed by atoms with Gasteiger partial charge >= 0.3 is 6.01 Å². The monoisotopic (exact) mass is 437 g/mol. The molecule has 31 heavy (non-hydrogen) atoms. The number of aromatic nitrogens is 3. The molecule has 1 aliphatic heterocycles. The number of nitrogens with two attached hydrogens (primary N) is 1. The number of hydrogen-bond donors (Lipinski definition) is 1. The van der Waals surface area contributed by atoms with Gasteiger partial charge in [0.05, 0.1) is 13.2 Å². The minimum atomic E-state index is -0.451. The van der Waals surface area contributed by atoms with Crippen molar-refractivity contribution in [3.63, 3.8) is 0 Å². The quantitative estimate of drug-likeness (QED) is 0.454. The molecule has 2 N–H and O–H groups in total. The lowest BCUT2D eigenvalue weighted by Crippen LogP contribution is -2.50. The number of carbonyl (C=O) groups is 1. The van der Waals surface area contributed by atoms with Crippen molar-refractivity contribution >= 4 is 17.8 Å². The molecule has 1 aromatic rings. The summed E-state index contributed by atoms with van der Waals surface area (Å²) in [5, 5.41) is 0. The van der Waals surface area contributed by atoms with Gasteiger partial charge in [-0.2, -0.15) is 15.0 Å². The summed E-state index contributed by atoms with van der Waals surface area (Å²) >= 11 is 0. The molecule has 0 bridgehead atoms. The van der Waals surface area contributed by atoms with Crippen molar-refractivity contribution in [3.05, 3.63) is 0 Å². The van der Waals surface area contributed by atoms with Gasteiger partial charge in [0.25, 0.3) is 0 Å². The third-order valence-corrected chi connectivity index (χ3v) is 5.44. The SMILES string of the molecule is CCC(C)N1CCN(c2nc(OCCOCCC(C)C)nc(N(C)CC(N)=O)n2)CC1. The number of carbonyl (C=O) groups excluding carboxylic acids is 1. The molecule has 0 aliphatic carbocycles. The summed E-state index contributed by atoms with van der Waals surface area (Å²) in [6, 6.07) is 0.792. The molecule has 10 heteroatoms. The Hall–Kier alpha value is -2.20. The topological polar surface area (TPSA) is 110 Å². The summed E-state index contributed by atoms with van der Waals surface area (Å²) < 4.78 is 11.4. The smallest absolute Gasteiger partial charge is 0.323 e. The highest BCUT2D eigenvalue weighted by atomic mass is 16.5. The first kappa shape index (κ1) is 25.1. The predicted molar refractivity (Wildman–Crippen MR) is 122 cm³/mol. The minimum absolute atomic E-state index is 0.0169. The molecular weight excluding hydrogens is 398 g/mol. The Morgan fingerprint density at radius 1 is 1.10 bits per heavy atom. The van der Waals surface area contributed by atoms with Crippen LogP contribution in [0.15, 0.2) is 0 Å². The van der Waals surface area contributed by atoms with Crippen LogP contribution in [-0.2, 0) is 9.53 Å². The Morgan fingerprint density at radius 2 is 1.81 bits per heavy atom. The largest absolute Gasteiger partial charge is 0.461 e. The summed E-state index contributed by atoms with van der Waals surface area (Å²) in [4.78, 5) is 31.0. The molecule has 1 aliphatic rings. The first-order chi connectivity index (χ1) is 14.8. The van der Waals surface area contributed by atoms with E-state index in [1.165, 1.54) is 0 Å². The van der Waals surface area contributed by atoms with E-state index in [2.05, 4.69) is 52.4 Å². The first-order valence-corrected chi connectivity index (χ1v) is 11.2. The molecule has 10 nitrogen and oxygen atoms in total. The highest BCUT2D eigenvalue weighted by Gasteiger charge is 2.23. The Morgan fingerprint density at radius 3 is 2.42 bits per heavy atom. The second-order valence-electron chi connectivity index (χ2n) is 8.46. The molecule has 1 aromatic heterocycles. The lowest BCUT2D eigenvalue weighted by Gasteiger charge is -2.37. The van der Waals surface area contributed by atoms with Crippen LogP contribution in [0.4, 0.5) is 11.9 Å². The average Bonchev–Trinajstić information content (AvgIpc) is 2.74. The second kappa shape index (κ2) is 12.6. The maximum absolute atomic E-state index is 11.3. The number of likely N-dealkylation sites (N-methyl/N-ethyl adjacent to an activating group) is 1. The van der Waals surface area contributed by atoms with Crippen LogP contribution in [-0.4, -0.2) is 91.4 Å². The van der Waals surface area contributed by atoms with E-state index in [4.69, 9.17) is 15.2 Å². The molecule has 1 unspecified atom stereocenters. The maximum atomic E-state index is 11.3. The molecule has 1 atom stereocenters. The third kappa shape index (κ3) is 8.45. The van der Waals surface area contributed by atoms with Gasteiger partial charge in [0.1, 0.15) is 6.61 Å². The number of anilines is 2. The van der Waals surface area contributed by atoms with E-state index < -0.39 is 5.91 Å². The van der Waals surface area contributed by atoms with Gasteiger partial charge in [-0.1, -0.05) is 20.8 Å². The number of primary amides is 1. The Kier molecular flexibility index (Phi) is 10.2. The highest BCUT2D eigenvalue weighted by molar-refractivity contribution is 5.78. The highest BCUT2D eigenvalue weighted by Crippen LogP contribution is 2.19. The Balaban J connectivity index is 2.04. The van der Waals surface area contributed by atoms with Crippen LogP contribution in [0.1, 0.15) is 40.5 Å². The van der Waals surface area contributed by atoms with E-state index in [0.717, 1.165) is 39.0 Å². The zero-order chi connectivity index (χ0) is 22.8. The van der Waals surface area contributed by atoms with Gasteiger partial charge in [0, 0.05) is 45.9 Å². The molecule has 2 heterocycles. The zero-order valence-electron chi connectivity index (χ0n) is 19.7. The molecule has 1 amide bonds. The number of piperazine rings is 1. The lowest BCUT2D eigenvalue weighted by atomic mass is 10.1. The molecule has 2 rings (SSSR count). The van der Waals surface area contributed by atoms with E-state index >= 15 is 0 Å². The second-order valence-corrected chi connectivity index (χ2v) is 8.46. The van der Waals surface area contributed by atoms with Crippen molar-refractivity contribution in [3.8, 4) is 6.01 Å². The molecule has 0 radical (unpaired) electrons. The van der Waals surface area contributed by atoms with Gasteiger partial charge in [0.15, 0.2) is 0 Å². The first-order valence-electron chi connectivity index (χ1n) is 11.2. The van der Waals surface area contributed by atoms with E-state index in [-0.39, 0.29) is 12.6 Å². The minimum Gasteiger partial charge on any atom is -0.461 e. The van der Waals surface area contributed by atoms with E-state index in [1.54, 1.807) is 11.9 Å². The van der Waals surface area contributed by atoms with Crippen molar-refractivity contribution in [2.45, 2.75) is 46.6 Å². The number of rotatable bonds is 13. The van der Waals surface area contributed by atoms with Crippen molar-refractivity contribution < 1.29 is 14.3 Å². The van der Waals surface area contributed by atoms with E-state index in [0.29, 0.717) is 43.7 Å². The molecular formula is C21H39N7O3. The van der Waals surface area contributed by atoms with Gasteiger partial charge in [-0.3, -0.25) is 9.69 Å². The van der Waals surface area contributed by atoms with Gasteiger partial charge < -0.3 is 25.0 Å². The number of hydrogen-bond acceptors (Lipinski definition) is 9. The van der Waals surface area contributed by atoms with Crippen molar-refractivity contribution in [2.75, 3.05) is 69.4 Å². The number of nitrogens with zero attached hydrogens (tertiary/aromatic N) is 6. The molecule has 1 fully saturated rings.